The molecule has 0 aromatic heterocycles. The van der Waals surface area contributed by atoms with Gasteiger partial charge in [0, 0.05) is 31.7 Å². The van der Waals surface area contributed by atoms with Gasteiger partial charge < -0.3 is 30.5 Å². The van der Waals surface area contributed by atoms with Crippen molar-refractivity contribution in [1.82, 2.24) is 10.2 Å². The predicted octanol–water partition coefficient (Wildman–Crippen LogP) is 2.05. The van der Waals surface area contributed by atoms with Crippen molar-refractivity contribution < 1.29 is 38.6 Å². The zero-order chi connectivity index (χ0) is 30.0. The second-order valence-electron chi connectivity index (χ2n) is 10.6. The van der Waals surface area contributed by atoms with Crippen LogP contribution in [0.5, 0.6) is 0 Å². The topological polar surface area (TPSA) is 165 Å². The van der Waals surface area contributed by atoms with Crippen molar-refractivity contribution in [2.45, 2.75) is 97.1 Å². The molecular formula is C29H43N3O8. The van der Waals surface area contributed by atoms with Crippen LogP contribution < -0.4 is 11.1 Å². The normalized spacial score (nSPS) is 19.8. The molecular weight excluding hydrogens is 518 g/mol. The van der Waals surface area contributed by atoms with E-state index in [1.807, 2.05) is 13.0 Å². The molecule has 1 aromatic rings. The van der Waals surface area contributed by atoms with E-state index in [0.717, 1.165) is 5.56 Å². The third-order valence-electron chi connectivity index (χ3n) is 7.22. The van der Waals surface area contributed by atoms with Crippen LogP contribution in [0.1, 0.15) is 65.9 Å². The number of ether oxygens (including phenoxy) is 2. The Hall–Kier alpha value is -3.47. The van der Waals surface area contributed by atoms with E-state index >= 15 is 0 Å². The highest BCUT2D eigenvalue weighted by Crippen LogP contribution is 2.29. The molecule has 4 N–H and O–H groups in total. The van der Waals surface area contributed by atoms with E-state index in [4.69, 9.17) is 15.2 Å². The summed E-state index contributed by atoms with van der Waals surface area (Å²) in [4.78, 5) is 65.1. The van der Waals surface area contributed by atoms with Gasteiger partial charge in [0.25, 0.3) is 0 Å². The Morgan fingerprint density at radius 2 is 1.75 bits per heavy atom. The number of hydrogen-bond donors (Lipinski definition) is 3. The summed E-state index contributed by atoms with van der Waals surface area (Å²) in [6.07, 6.45) is -1.92. The van der Waals surface area contributed by atoms with Crippen molar-refractivity contribution >= 4 is 29.7 Å². The number of rotatable bonds is 14. The Labute approximate surface area is 235 Å². The van der Waals surface area contributed by atoms with Gasteiger partial charge in [0.1, 0.15) is 24.3 Å². The van der Waals surface area contributed by atoms with E-state index in [-0.39, 0.29) is 43.6 Å². The molecule has 1 saturated heterocycles. The largest absolute Gasteiger partial charge is 0.481 e. The first-order valence-electron chi connectivity index (χ1n) is 13.9. The second-order valence-corrected chi connectivity index (χ2v) is 10.6. The average Bonchev–Trinajstić information content (AvgIpc) is 3.34. The van der Waals surface area contributed by atoms with Crippen LogP contribution in [0.2, 0.25) is 0 Å². The number of likely N-dealkylation sites (tertiary alicyclic amines) is 1. The van der Waals surface area contributed by atoms with Crippen molar-refractivity contribution in [3.63, 3.8) is 0 Å². The quantitative estimate of drug-likeness (QED) is 0.288. The van der Waals surface area contributed by atoms with Crippen LogP contribution in [-0.2, 0) is 39.9 Å². The van der Waals surface area contributed by atoms with Crippen molar-refractivity contribution in [3.8, 4) is 0 Å². The number of esters is 2. The fourth-order valence-electron chi connectivity index (χ4n) is 4.52. The molecule has 11 nitrogen and oxygen atoms in total. The standard InChI is InChI=1S/C29H43N3O8/c1-6-18(5)27(36)31-20(15-19-11-9-8-10-12-19)29(38)40-22(16-23(33)34)26-21(39-24(35)7-2)13-14-32(26)28(37)25(30)17(3)4/h8-12,17-18,20-22,25-26H,6-7,13-16,30H2,1-5H3,(H,31,36)(H,33,34)/t18-,20-,21-,22-,25+,26+/m1/s1. The van der Waals surface area contributed by atoms with Crippen LogP contribution in [0.25, 0.3) is 0 Å². The van der Waals surface area contributed by atoms with E-state index in [1.165, 1.54) is 4.90 Å². The van der Waals surface area contributed by atoms with Crippen LogP contribution in [0, 0.1) is 11.8 Å². The van der Waals surface area contributed by atoms with Gasteiger partial charge in [-0.15, -0.1) is 0 Å². The fraction of sp³-hybridized carbons (Fsp3) is 0.621. The van der Waals surface area contributed by atoms with Crippen LogP contribution in [0.3, 0.4) is 0 Å². The van der Waals surface area contributed by atoms with E-state index < -0.39 is 60.6 Å². The first-order valence-corrected chi connectivity index (χ1v) is 13.9. The molecule has 2 rings (SSSR count). The highest BCUT2D eigenvalue weighted by Gasteiger charge is 2.48. The van der Waals surface area contributed by atoms with Crippen LogP contribution in [0.4, 0.5) is 0 Å². The Kier molecular flexibility index (Phi) is 12.6. The molecule has 0 spiro atoms. The van der Waals surface area contributed by atoms with Crippen molar-refractivity contribution in [1.29, 1.82) is 0 Å². The summed E-state index contributed by atoms with van der Waals surface area (Å²) in [5.74, 6) is -4.01. The summed E-state index contributed by atoms with van der Waals surface area (Å²) in [6.45, 7) is 8.92. The number of benzene rings is 1. The number of nitrogens with one attached hydrogen (secondary N) is 1. The summed E-state index contributed by atoms with van der Waals surface area (Å²) in [5, 5.41) is 12.5. The molecule has 1 aliphatic heterocycles. The molecule has 0 aliphatic carbocycles. The number of nitrogens with two attached hydrogens (primary N) is 1. The van der Waals surface area contributed by atoms with Gasteiger partial charge in [-0.25, -0.2) is 4.79 Å². The van der Waals surface area contributed by atoms with Crippen molar-refractivity contribution in [2.24, 2.45) is 17.6 Å². The molecule has 0 radical (unpaired) electrons. The monoisotopic (exact) mass is 561 g/mol. The maximum atomic E-state index is 13.6. The minimum atomic E-state index is -1.36. The Balaban J connectivity index is 2.43. The number of carbonyl (C=O) groups excluding carboxylic acids is 4. The smallest absolute Gasteiger partial charge is 0.329 e. The minimum Gasteiger partial charge on any atom is -0.481 e. The fourth-order valence-corrected chi connectivity index (χ4v) is 4.52. The predicted molar refractivity (Wildman–Crippen MR) is 147 cm³/mol. The van der Waals surface area contributed by atoms with E-state index in [1.54, 1.807) is 52.0 Å². The molecule has 11 heteroatoms. The number of amides is 2. The number of carboxylic acids is 1. The van der Waals surface area contributed by atoms with Crippen LogP contribution in [-0.4, -0.2) is 76.6 Å². The summed E-state index contributed by atoms with van der Waals surface area (Å²) in [5.41, 5.74) is 6.90. The van der Waals surface area contributed by atoms with E-state index in [9.17, 15) is 29.1 Å². The molecule has 0 unspecified atom stereocenters. The zero-order valence-corrected chi connectivity index (χ0v) is 24.0. The number of carboxylic acid groups (broad SMARTS) is 1. The second kappa shape index (κ2) is 15.4. The van der Waals surface area contributed by atoms with Crippen LogP contribution in [0.15, 0.2) is 30.3 Å². The Morgan fingerprint density at radius 1 is 1.10 bits per heavy atom. The van der Waals surface area contributed by atoms with Gasteiger partial charge in [-0.1, -0.05) is 65.0 Å². The highest BCUT2D eigenvalue weighted by atomic mass is 16.6. The third-order valence-corrected chi connectivity index (χ3v) is 7.22. The zero-order valence-electron chi connectivity index (χ0n) is 24.0. The highest BCUT2D eigenvalue weighted by molar-refractivity contribution is 5.86. The maximum absolute atomic E-state index is 13.6. The number of hydrogen-bond acceptors (Lipinski definition) is 8. The van der Waals surface area contributed by atoms with Crippen LogP contribution >= 0.6 is 0 Å². The molecule has 1 aliphatic rings. The molecule has 1 heterocycles. The lowest BCUT2D eigenvalue weighted by Crippen LogP contribution is -2.56. The molecule has 1 aromatic carbocycles. The average molecular weight is 562 g/mol. The van der Waals surface area contributed by atoms with E-state index in [0.29, 0.717) is 6.42 Å². The number of nitrogens with zero attached hydrogens (tertiary/aromatic N) is 1. The molecule has 2 amide bonds. The SMILES string of the molecule is CCC(=O)O[C@@H]1CCN(C(=O)[C@@H](N)C(C)C)[C@@H]1[C@@H](CC(=O)O)OC(=O)[C@@H](Cc1ccccc1)NC(=O)[C@H](C)CC. The lowest BCUT2D eigenvalue weighted by molar-refractivity contribution is -0.168. The Morgan fingerprint density at radius 3 is 2.30 bits per heavy atom. The number of aliphatic carboxylic acids is 1. The summed E-state index contributed by atoms with van der Waals surface area (Å²) in [7, 11) is 0. The van der Waals surface area contributed by atoms with Gasteiger partial charge in [0.2, 0.25) is 11.8 Å². The van der Waals surface area contributed by atoms with Gasteiger partial charge in [-0.3, -0.25) is 19.2 Å². The maximum Gasteiger partial charge on any atom is 0.329 e. The van der Waals surface area contributed by atoms with Gasteiger partial charge in [-0.2, -0.15) is 0 Å². The van der Waals surface area contributed by atoms with Gasteiger partial charge in [0.05, 0.1) is 12.5 Å². The van der Waals surface area contributed by atoms with Gasteiger partial charge >= 0.3 is 17.9 Å². The van der Waals surface area contributed by atoms with E-state index in [2.05, 4.69) is 5.32 Å². The first-order chi connectivity index (χ1) is 18.9. The Bertz CT molecular complexity index is 1030. The summed E-state index contributed by atoms with van der Waals surface area (Å²) in [6, 6.07) is 5.97. The molecule has 40 heavy (non-hydrogen) atoms. The lowest BCUT2D eigenvalue weighted by Gasteiger charge is -2.35. The van der Waals surface area contributed by atoms with Crippen molar-refractivity contribution in [3.05, 3.63) is 35.9 Å². The third kappa shape index (κ3) is 9.04. The number of carbonyl (C=O) groups is 5. The molecule has 0 bridgehead atoms. The summed E-state index contributed by atoms with van der Waals surface area (Å²) < 4.78 is 11.4. The lowest BCUT2D eigenvalue weighted by atomic mass is 9.99. The molecule has 1 fully saturated rings. The van der Waals surface area contributed by atoms with Gasteiger partial charge in [-0.05, 0) is 17.9 Å². The molecule has 6 atom stereocenters. The van der Waals surface area contributed by atoms with Crippen molar-refractivity contribution in [2.75, 3.05) is 6.54 Å². The minimum absolute atomic E-state index is 0.0762. The van der Waals surface area contributed by atoms with Gasteiger partial charge in [0.15, 0.2) is 0 Å². The molecule has 0 saturated carbocycles. The molecule has 222 valence electrons. The first kappa shape index (κ1) is 32.7. The summed E-state index contributed by atoms with van der Waals surface area (Å²) >= 11 is 0.